The highest BCUT2D eigenvalue weighted by atomic mass is 16.3. The van der Waals surface area contributed by atoms with Crippen LogP contribution in [0.4, 0.5) is 0 Å². The largest absolute Gasteiger partial charge is 0.464 e. The summed E-state index contributed by atoms with van der Waals surface area (Å²) in [4.78, 5) is 4.58. The Morgan fingerprint density at radius 1 is 1.26 bits per heavy atom. The minimum atomic E-state index is 0.0301. The molecule has 0 fully saturated rings. The van der Waals surface area contributed by atoms with E-state index >= 15 is 0 Å². The van der Waals surface area contributed by atoms with Gasteiger partial charge in [-0.1, -0.05) is 12.1 Å². The summed E-state index contributed by atoms with van der Waals surface area (Å²) in [6, 6.07) is 13.5. The van der Waals surface area contributed by atoms with Crippen molar-refractivity contribution in [2.45, 2.75) is 33.4 Å². The monoisotopic (exact) mass is 310 g/mol. The number of aryl methyl sites for hydroxylation is 1. The molecule has 5 nitrogen and oxygen atoms in total. The molecule has 0 spiro atoms. The first-order valence-electron chi connectivity index (χ1n) is 7.72. The van der Waals surface area contributed by atoms with Crippen molar-refractivity contribution < 1.29 is 4.42 Å². The normalized spacial score (nSPS) is 12.5. The predicted molar refractivity (Wildman–Crippen MR) is 91.0 cm³/mol. The Balaban J connectivity index is 2.02. The molecule has 1 unspecified atom stereocenters. The Hall–Kier alpha value is -2.74. The van der Waals surface area contributed by atoms with Crippen LogP contribution in [0.15, 0.2) is 45.8 Å². The average molecular weight is 310 g/mol. The Morgan fingerprint density at radius 2 is 2.00 bits per heavy atom. The van der Waals surface area contributed by atoms with Gasteiger partial charge in [-0.3, -0.25) is 0 Å². The summed E-state index contributed by atoms with van der Waals surface area (Å²) in [5, 5.41) is 15.4. The molecular weight excluding hydrogens is 288 g/mol. The van der Waals surface area contributed by atoms with Gasteiger partial charge in [-0.2, -0.15) is 5.26 Å². The summed E-state index contributed by atoms with van der Waals surface area (Å²) in [5.41, 5.74) is 1.72. The summed E-state index contributed by atoms with van der Waals surface area (Å²) in [6.45, 7) is 7.32. The molecule has 2 rings (SSSR count). The van der Waals surface area contributed by atoms with Crippen molar-refractivity contribution in [3.63, 3.8) is 0 Å². The van der Waals surface area contributed by atoms with Gasteiger partial charge < -0.3 is 15.1 Å². The van der Waals surface area contributed by atoms with Gasteiger partial charge in [-0.15, -0.1) is 0 Å². The molecule has 0 saturated heterocycles. The molecule has 0 aliphatic rings. The number of aliphatic imine (C=N–C) groups is 1. The Bertz CT molecular complexity index is 695. The topological polar surface area (TPSA) is 73.3 Å². The number of furan rings is 1. The first-order valence-corrected chi connectivity index (χ1v) is 7.72. The molecule has 0 amide bonds. The molecule has 0 saturated carbocycles. The predicted octanol–water partition coefficient (Wildman–Crippen LogP) is 3.28. The quantitative estimate of drug-likeness (QED) is 0.656. The van der Waals surface area contributed by atoms with Crippen molar-refractivity contribution in [1.82, 2.24) is 10.6 Å². The van der Waals surface area contributed by atoms with Crippen LogP contribution in [0, 0.1) is 18.3 Å². The standard InChI is InChI=1S/C18H22N4O/c1-4-20-18(22-14(3)17-10-5-13(2)23-17)21-12-16-8-6-15(11-19)7-9-16/h5-10,14H,4,12H2,1-3H3,(H2,20,21,22). The molecule has 0 aliphatic heterocycles. The van der Waals surface area contributed by atoms with Gasteiger partial charge >= 0.3 is 0 Å². The van der Waals surface area contributed by atoms with E-state index in [-0.39, 0.29) is 6.04 Å². The van der Waals surface area contributed by atoms with Crippen LogP contribution >= 0.6 is 0 Å². The average Bonchev–Trinajstić information content (AvgIpc) is 3.00. The molecule has 1 heterocycles. The van der Waals surface area contributed by atoms with E-state index in [1.165, 1.54) is 0 Å². The molecule has 0 aliphatic carbocycles. The number of hydrogen-bond acceptors (Lipinski definition) is 3. The van der Waals surface area contributed by atoms with E-state index in [0.717, 1.165) is 29.6 Å². The van der Waals surface area contributed by atoms with Crippen LogP contribution in [0.2, 0.25) is 0 Å². The molecule has 5 heteroatoms. The van der Waals surface area contributed by atoms with Crippen LogP contribution < -0.4 is 10.6 Å². The summed E-state index contributed by atoms with van der Waals surface area (Å²) in [7, 11) is 0. The fourth-order valence-corrected chi connectivity index (χ4v) is 2.14. The van der Waals surface area contributed by atoms with E-state index in [0.29, 0.717) is 12.1 Å². The van der Waals surface area contributed by atoms with Crippen molar-refractivity contribution in [3.05, 3.63) is 59.0 Å². The molecule has 1 aromatic carbocycles. The maximum Gasteiger partial charge on any atom is 0.192 e. The van der Waals surface area contributed by atoms with Gasteiger partial charge in [0.25, 0.3) is 0 Å². The van der Waals surface area contributed by atoms with Gasteiger partial charge in [0.15, 0.2) is 5.96 Å². The Labute approximate surface area is 137 Å². The fraction of sp³-hybridized carbons (Fsp3) is 0.333. The van der Waals surface area contributed by atoms with E-state index in [2.05, 4.69) is 21.7 Å². The molecule has 1 atom stereocenters. The minimum absolute atomic E-state index is 0.0301. The zero-order chi connectivity index (χ0) is 16.7. The summed E-state index contributed by atoms with van der Waals surface area (Å²) in [6.07, 6.45) is 0. The van der Waals surface area contributed by atoms with Crippen LogP contribution in [0.5, 0.6) is 0 Å². The molecule has 120 valence electrons. The van der Waals surface area contributed by atoms with Gasteiger partial charge in [0.1, 0.15) is 11.5 Å². The van der Waals surface area contributed by atoms with Crippen LogP contribution in [-0.4, -0.2) is 12.5 Å². The second-order valence-electron chi connectivity index (χ2n) is 5.32. The van der Waals surface area contributed by atoms with Crippen molar-refractivity contribution >= 4 is 5.96 Å². The van der Waals surface area contributed by atoms with E-state index in [1.54, 1.807) is 12.1 Å². The van der Waals surface area contributed by atoms with Crippen LogP contribution in [0.3, 0.4) is 0 Å². The van der Waals surface area contributed by atoms with Crippen molar-refractivity contribution in [2.24, 2.45) is 4.99 Å². The van der Waals surface area contributed by atoms with Gasteiger partial charge in [0, 0.05) is 6.54 Å². The van der Waals surface area contributed by atoms with E-state index in [9.17, 15) is 0 Å². The number of hydrogen-bond donors (Lipinski definition) is 2. The lowest BCUT2D eigenvalue weighted by molar-refractivity contribution is 0.441. The molecule has 0 radical (unpaired) electrons. The van der Waals surface area contributed by atoms with E-state index in [4.69, 9.17) is 9.68 Å². The number of rotatable bonds is 5. The summed E-state index contributed by atoms with van der Waals surface area (Å²) >= 11 is 0. The minimum Gasteiger partial charge on any atom is -0.464 e. The second kappa shape index (κ2) is 8.04. The van der Waals surface area contributed by atoms with Crippen molar-refractivity contribution in [2.75, 3.05) is 6.54 Å². The molecule has 1 aromatic heterocycles. The lowest BCUT2D eigenvalue weighted by Crippen LogP contribution is -2.38. The summed E-state index contributed by atoms with van der Waals surface area (Å²) in [5.74, 6) is 2.51. The smallest absolute Gasteiger partial charge is 0.192 e. The molecule has 2 N–H and O–H groups in total. The Kier molecular flexibility index (Phi) is 5.81. The molecule has 0 bridgehead atoms. The number of nitrogens with one attached hydrogen (secondary N) is 2. The van der Waals surface area contributed by atoms with Crippen LogP contribution in [-0.2, 0) is 6.54 Å². The fourth-order valence-electron chi connectivity index (χ4n) is 2.14. The zero-order valence-electron chi connectivity index (χ0n) is 13.8. The third-order valence-corrected chi connectivity index (χ3v) is 3.39. The van der Waals surface area contributed by atoms with Gasteiger partial charge in [0.2, 0.25) is 0 Å². The number of nitrogens with zero attached hydrogens (tertiary/aromatic N) is 2. The zero-order valence-corrected chi connectivity index (χ0v) is 13.8. The van der Waals surface area contributed by atoms with Crippen molar-refractivity contribution in [3.8, 4) is 6.07 Å². The van der Waals surface area contributed by atoms with Gasteiger partial charge in [-0.05, 0) is 50.6 Å². The maximum atomic E-state index is 8.82. The lowest BCUT2D eigenvalue weighted by Gasteiger charge is -2.16. The van der Waals surface area contributed by atoms with Crippen LogP contribution in [0.25, 0.3) is 0 Å². The molecule has 23 heavy (non-hydrogen) atoms. The highest BCUT2D eigenvalue weighted by molar-refractivity contribution is 5.80. The second-order valence-corrected chi connectivity index (χ2v) is 5.32. The number of guanidine groups is 1. The number of benzene rings is 1. The lowest BCUT2D eigenvalue weighted by atomic mass is 10.1. The third kappa shape index (κ3) is 4.89. The van der Waals surface area contributed by atoms with Gasteiger partial charge in [0.05, 0.1) is 24.2 Å². The van der Waals surface area contributed by atoms with Crippen molar-refractivity contribution in [1.29, 1.82) is 5.26 Å². The third-order valence-electron chi connectivity index (χ3n) is 3.39. The number of nitriles is 1. The van der Waals surface area contributed by atoms with Crippen LogP contribution in [0.1, 0.15) is 42.5 Å². The molecular formula is C18H22N4O. The van der Waals surface area contributed by atoms with Gasteiger partial charge in [-0.25, -0.2) is 4.99 Å². The highest BCUT2D eigenvalue weighted by Gasteiger charge is 2.11. The van der Waals surface area contributed by atoms with E-state index in [1.807, 2.05) is 45.0 Å². The SMILES string of the molecule is CCNC(=NCc1ccc(C#N)cc1)NC(C)c1ccc(C)o1. The summed E-state index contributed by atoms with van der Waals surface area (Å²) < 4.78 is 5.64. The first-order chi connectivity index (χ1) is 11.1. The Morgan fingerprint density at radius 3 is 2.57 bits per heavy atom. The maximum absolute atomic E-state index is 8.82. The molecule has 2 aromatic rings. The highest BCUT2D eigenvalue weighted by Crippen LogP contribution is 2.15. The van der Waals surface area contributed by atoms with E-state index < -0.39 is 0 Å². The first kappa shape index (κ1) is 16.6.